The van der Waals surface area contributed by atoms with Gasteiger partial charge in [-0.3, -0.25) is 14.2 Å². The summed E-state index contributed by atoms with van der Waals surface area (Å²) in [5.74, 6) is 0.971. The fourth-order valence-electron chi connectivity index (χ4n) is 3.12. The Balaban J connectivity index is 1.59. The van der Waals surface area contributed by atoms with E-state index in [0.717, 1.165) is 16.9 Å². The number of amides is 1. The Morgan fingerprint density at radius 2 is 1.87 bits per heavy atom. The van der Waals surface area contributed by atoms with Crippen LogP contribution < -0.4 is 20.3 Å². The standard InChI is InChI=1S/C22H19N3O4S/c1-28-15-9-7-14(8-10-15)16-12-30-21-20(16)23-13-25(22(21)27)11-19(26)24-17-5-3-4-6-18(17)29-2/h3-10,12-13H,11H2,1-2H3,(H,24,26). The van der Waals surface area contributed by atoms with Crippen LogP contribution in [0.3, 0.4) is 0 Å². The Bertz CT molecular complexity index is 1260. The quantitative estimate of drug-likeness (QED) is 0.512. The zero-order valence-electron chi connectivity index (χ0n) is 16.4. The molecule has 0 bridgehead atoms. The number of fused-ring (bicyclic) bond motifs is 1. The number of thiophene rings is 1. The van der Waals surface area contributed by atoms with Crippen LogP contribution in [0.5, 0.6) is 11.5 Å². The van der Waals surface area contributed by atoms with E-state index >= 15 is 0 Å². The van der Waals surface area contributed by atoms with E-state index < -0.39 is 0 Å². The molecule has 2 aromatic heterocycles. The van der Waals surface area contributed by atoms with Crippen LogP contribution in [0.15, 0.2) is 65.0 Å². The second kappa shape index (κ2) is 8.38. The first-order valence-corrected chi connectivity index (χ1v) is 10.0. The number of hydrogen-bond acceptors (Lipinski definition) is 6. The third-order valence-electron chi connectivity index (χ3n) is 4.64. The van der Waals surface area contributed by atoms with Crippen molar-refractivity contribution in [1.82, 2.24) is 9.55 Å². The topological polar surface area (TPSA) is 82.5 Å². The number of nitrogens with zero attached hydrogens (tertiary/aromatic N) is 2. The van der Waals surface area contributed by atoms with E-state index in [1.54, 1.807) is 25.3 Å². The molecule has 2 aromatic carbocycles. The third-order valence-corrected chi connectivity index (χ3v) is 5.60. The maximum Gasteiger partial charge on any atom is 0.271 e. The molecule has 0 aliphatic carbocycles. The molecular weight excluding hydrogens is 402 g/mol. The number of methoxy groups -OCH3 is 2. The molecule has 152 valence electrons. The van der Waals surface area contributed by atoms with Crippen LogP contribution in [0.1, 0.15) is 0 Å². The van der Waals surface area contributed by atoms with Crippen LogP contribution in [0.25, 0.3) is 21.3 Å². The number of benzene rings is 2. The van der Waals surface area contributed by atoms with Crippen molar-refractivity contribution in [3.63, 3.8) is 0 Å². The molecule has 0 saturated heterocycles. The molecule has 4 rings (SSSR count). The fourth-order valence-corrected chi connectivity index (χ4v) is 4.10. The number of para-hydroxylation sites is 2. The fraction of sp³-hybridized carbons (Fsp3) is 0.136. The van der Waals surface area contributed by atoms with E-state index in [-0.39, 0.29) is 18.0 Å². The van der Waals surface area contributed by atoms with E-state index in [4.69, 9.17) is 9.47 Å². The lowest BCUT2D eigenvalue weighted by Crippen LogP contribution is -2.27. The van der Waals surface area contributed by atoms with Gasteiger partial charge in [0.1, 0.15) is 22.7 Å². The van der Waals surface area contributed by atoms with E-state index in [1.165, 1.54) is 29.3 Å². The molecule has 8 heteroatoms. The van der Waals surface area contributed by atoms with E-state index in [2.05, 4.69) is 10.3 Å². The molecule has 0 aliphatic heterocycles. The van der Waals surface area contributed by atoms with Crippen LogP contribution in [0, 0.1) is 0 Å². The summed E-state index contributed by atoms with van der Waals surface area (Å²) in [5.41, 5.74) is 2.74. The molecular formula is C22H19N3O4S. The minimum absolute atomic E-state index is 0.143. The van der Waals surface area contributed by atoms with Gasteiger partial charge >= 0.3 is 0 Å². The van der Waals surface area contributed by atoms with Crippen molar-refractivity contribution < 1.29 is 14.3 Å². The summed E-state index contributed by atoms with van der Waals surface area (Å²) >= 11 is 1.32. The van der Waals surface area contributed by atoms with E-state index in [1.807, 2.05) is 35.7 Å². The highest BCUT2D eigenvalue weighted by molar-refractivity contribution is 7.17. The maximum atomic E-state index is 12.9. The predicted molar refractivity (Wildman–Crippen MR) is 117 cm³/mol. The van der Waals surface area contributed by atoms with Crippen LogP contribution in [-0.4, -0.2) is 29.7 Å². The Kier molecular flexibility index (Phi) is 5.49. The van der Waals surface area contributed by atoms with Crippen molar-refractivity contribution in [3.05, 3.63) is 70.6 Å². The number of ether oxygens (including phenoxy) is 2. The van der Waals surface area contributed by atoms with Gasteiger partial charge in [0.25, 0.3) is 5.56 Å². The number of carbonyl (C=O) groups excluding carboxylic acids is 1. The monoisotopic (exact) mass is 421 g/mol. The Labute approximate surface area is 176 Å². The third kappa shape index (κ3) is 3.77. The Morgan fingerprint density at radius 3 is 2.60 bits per heavy atom. The molecule has 1 N–H and O–H groups in total. The van der Waals surface area contributed by atoms with Gasteiger partial charge in [0, 0.05) is 10.9 Å². The average molecular weight is 421 g/mol. The van der Waals surface area contributed by atoms with Gasteiger partial charge in [0.15, 0.2) is 0 Å². The number of nitrogens with one attached hydrogen (secondary N) is 1. The lowest BCUT2D eigenvalue weighted by atomic mass is 10.1. The summed E-state index contributed by atoms with van der Waals surface area (Å²) in [4.78, 5) is 29.8. The van der Waals surface area contributed by atoms with Crippen LogP contribution >= 0.6 is 11.3 Å². The SMILES string of the molecule is COc1ccc(-c2csc3c(=O)n(CC(=O)Nc4ccccc4OC)cnc23)cc1. The molecule has 4 aromatic rings. The summed E-state index contributed by atoms with van der Waals surface area (Å²) in [7, 11) is 3.15. The predicted octanol–water partition coefficient (Wildman–Crippen LogP) is 3.78. The average Bonchev–Trinajstić information content (AvgIpc) is 3.21. The summed E-state index contributed by atoms with van der Waals surface area (Å²) in [5, 5.41) is 4.67. The highest BCUT2D eigenvalue weighted by Crippen LogP contribution is 2.31. The molecule has 0 fully saturated rings. The van der Waals surface area contributed by atoms with Gasteiger partial charge in [-0.05, 0) is 29.8 Å². The molecule has 0 spiro atoms. The van der Waals surface area contributed by atoms with Crippen LogP contribution in [0.2, 0.25) is 0 Å². The van der Waals surface area contributed by atoms with Crippen molar-refractivity contribution in [2.75, 3.05) is 19.5 Å². The van der Waals surface area contributed by atoms with Gasteiger partial charge in [0.2, 0.25) is 5.91 Å². The molecule has 0 aliphatic rings. The zero-order valence-corrected chi connectivity index (χ0v) is 17.2. The molecule has 0 atom stereocenters. The first-order chi connectivity index (χ1) is 14.6. The van der Waals surface area contributed by atoms with Crippen molar-refractivity contribution in [1.29, 1.82) is 0 Å². The molecule has 0 radical (unpaired) electrons. The van der Waals surface area contributed by atoms with Crippen molar-refractivity contribution >= 4 is 33.1 Å². The second-order valence-corrected chi connectivity index (χ2v) is 7.36. The molecule has 2 heterocycles. The molecule has 7 nitrogen and oxygen atoms in total. The maximum absolute atomic E-state index is 12.9. The molecule has 0 saturated carbocycles. The number of rotatable bonds is 6. The number of anilines is 1. The summed E-state index contributed by atoms with van der Waals surface area (Å²) in [6.45, 7) is -0.143. The Morgan fingerprint density at radius 1 is 1.10 bits per heavy atom. The van der Waals surface area contributed by atoms with Gasteiger partial charge in [-0.15, -0.1) is 11.3 Å². The van der Waals surface area contributed by atoms with E-state index in [0.29, 0.717) is 21.7 Å². The van der Waals surface area contributed by atoms with Crippen molar-refractivity contribution in [3.8, 4) is 22.6 Å². The highest BCUT2D eigenvalue weighted by atomic mass is 32.1. The minimum Gasteiger partial charge on any atom is -0.497 e. The molecule has 0 unspecified atom stereocenters. The van der Waals surface area contributed by atoms with Gasteiger partial charge in [-0.2, -0.15) is 0 Å². The smallest absolute Gasteiger partial charge is 0.271 e. The van der Waals surface area contributed by atoms with Gasteiger partial charge in [0.05, 0.1) is 31.8 Å². The van der Waals surface area contributed by atoms with Gasteiger partial charge in [-0.25, -0.2) is 4.98 Å². The summed E-state index contributed by atoms with van der Waals surface area (Å²) in [6.07, 6.45) is 1.41. The Hall–Kier alpha value is -3.65. The first kappa shape index (κ1) is 19.7. The number of hydrogen-bond donors (Lipinski definition) is 1. The summed E-state index contributed by atoms with van der Waals surface area (Å²) < 4.78 is 12.2. The number of carbonyl (C=O) groups is 1. The van der Waals surface area contributed by atoms with Crippen LogP contribution in [0.4, 0.5) is 5.69 Å². The lowest BCUT2D eigenvalue weighted by Gasteiger charge is -2.10. The largest absolute Gasteiger partial charge is 0.497 e. The molecule has 1 amide bonds. The lowest BCUT2D eigenvalue weighted by molar-refractivity contribution is -0.116. The van der Waals surface area contributed by atoms with Crippen molar-refractivity contribution in [2.24, 2.45) is 0 Å². The van der Waals surface area contributed by atoms with Gasteiger partial charge in [-0.1, -0.05) is 24.3 Å². The normalized spacial score (nSPS) is 10.7. The zero-order chi connectivity index (χ0) is 21.1. The van der Waals surface area contributed by atoms with Crippen LogP contribution in [-0.2, 0) is 11.3 Å². The van der Waals surface area contributed by atoms with Gasteiger partial charge < -0.3 is 14.8 Å². The molecule has 30 heavy (non-hydrogen) atoms. The highest BCUT2D eigenvalue weighted by Gasteiger charge is 2.15. The van der Waals surface area contributed by atoms with Crippen molar-refractivity contribution in [2.45, 2.75) is 6.54 Å². The number of aromatic nitrogens is 2. The summed E-state index contributed by atoms with van der Waals surface area (Å²) in [6, 6.07) is 14.7. The second-order valence-electron chi connectivity index (χ2n) is 6.48. The minimum atomic E-state index is -0.338. The first-order valence-electron chi connectivity index (χ1n) is 9.14. The van der Waals surface area contributed by atoms with E-state index in [9.17, 15) is 9.59 Å².